The van der Waals surface area contributed by atoms with Gasteiger partial charge in [-0.1, -0.05) is 90.5 Å². The van der Waals surface area contributed by atoms with Gasteiger partial charge in [-0.15, -0.1) is 0 Å². The number of aromatic nitrogens is 1. The highest BCUT2D eigenvalue weighted by atomic mass is 19.1. The van der Waals surface area contributed by atoms with Crippen molar-refractivity contribution in [3.63, 3.8) is 0 Å². The second kappa shape index (κ2) is 15.8. The summed E-state index contributed by atoms with van der Waals surface area (Å²) in [6, 6.07) is 9.14. The lowest BCUT2D eigenvalue weighted by Gasteiger charge is -2.09. The minimum Gasteiger partial charge on any atom is -0.493 e. The first-order valence-corrected chi connectivity index (χ1v) is 12.6. The van der Waals surface area contributed by atoms with Gasteiger partial charge in [0.25, 0.3) is 0 Å². The molecule has 3 heteroatoms. The van der Waals surface area contributed by atoms with Crippen LogP contribution in [0.15, 0.2) is 36.5 Å². The summed E-state index contributed by atoms with van der Waals surface area (Å²) in [5.74, 6) is 0.329. The monoisotopic (exact) mass is 427 g/mol. The van der Waals surface area contributed by atoms with Gasteiger partial charge >= 0.3 is 0 Å². The number of unbranched alkanes of at least 4 members (excludes halogenated alkanes) is 11. The minimum absolute atomic E-state index is 0.271. The quantitative estimate of drug-likeness (QED) is 0.235. The predicted octanol–water partition coefficient (Wildman–Crippen LogP) is 8.92. The lowest BCUT2D eigenvalue weighted by molar-refractivity contribution is 0.303. The van der Waals surface area contributed by atoms with Gasteiger partial charge in [0.05, 0.1) is 12.3 Å². The molecule has 0 saturated carbocycles. The van der Waals surface area contributed by atoms with Gasteiger partial charge < -0.3 is 4.74 Å². The number of rotatable bonds is 17. The van der Waals surface area contributed by atoms with Gasteiger partial charge in [0.2, 0.25) is 0 Å². The molecule has 0 aliphatic carbocycles. The van der Waals surface area contributed by atoms with Crippen LogP contribution in [0.4, 0.5) is 4.39 Å². The molecule has 2 nitrogen and oxygen atoms in total. The summed E-state index contributed by atoms with van der Waals surface area (Å²) in [6.45, 7) is 5.11. The molecule has 0 saturated heterocycles. The van der Waals surface area contributed by atoms with Crippen LogP contribution >= 0.6 is 0 Å². The Bertz CT molecular complexity index is 713. The summed E-state index contributed by atoms with van der Waals surface area (Å²) >= 11 is 0. The molecule has 2 aromatic rings. The Morgan fingerprint density at radius 1 is 0.742 bits per heavy atom. The van der Waals surface area contributed by atoms with Gasteiger partial charge in [0.1, 0.15) is 11.6 Å². The van der Waals surface area contributed by atoms with Crippen molar-refractivity contribution in [3.8, 4) is 17.0 Å². The highest BCUT2D eigenvalue weighted by molar-refractivity contribution is 5.61. The molecule has 0 radical (unpaired) electrons. The molecule has 0 unspecified atom stereocenters. The Kier molecular flexibility index (Phi) is 13.0. The van der Waals surface area contributed by atoms with E-state index in [0.29, 0.717) is 23.6 Å². The number of hydrogen-bond acceptors (Lipinski definition) is 2. The van der Waals surface area contributed by atoms with Crippen LogP contribution in [0.2, 0.25) is 0 Å². The minimum atomic E-state index is -0.271. The zero-order valence-corrected chi connectivity index (χ0v) is 19.8. The first-order valence-electron chi connectivity index (χ1n) is 12.6. The molecule has 1 aromatic heterocycles. The molecule has 0 spiro atoms. The summed E-state index contributed by atoms with van der Waals surface area (Å²) in [5.41, 5.74) is 2.45. The molecule has 0 bridgehead atoms. The van der Waals surface area contributed by atoms with Crippen molar-refractivity contribution in [1.29, 1.82) is 0 Å². The Morgan fingerprint density at radius 2 is 1.39 bits per heavy atom. The third kappa shape index (κ3) is 10.3. The zero-order chi connectivity index (χ0) is 22.2. The van der Waals surface area contributed by atoms with Crippen LogP contribution in [0, 0.1) is 5.82 Å². The van der Waals surface area contributed by atoms with Crippen molar-refractivity contribution in [1.82, 2.24) is 4.98 Å². The van der Waals surface area contributed by atoms with E-state index in [1.165, 1.54) is 88.7 Å². The van der Waals surface area contributed by atoms with Gasteiger partial charge in [-0.25, -0.2) is 4.39 Å². The molecule has 0 N–H and O–H groups in total. The number of benzene rings is 1. The molecular formula is C28H42FNO. The molecule has 0 aliphatic heterocycles. The van der Waals surface area contributed by atoms with Crippen molar-refractivity contribution >= 4 is 0 Å². The third-order valence-corrected chi connectivity index (χ3v) is 5.88. The standard InChI is InChI=1S/C28H42FNO/c1-3-5-7-9-10-11-12-14-16-24-17-20-28(30-23-24)26-19-18-25(22-27(26)29)31-21-15-13-8-6-4-2/h17-20,22-23H,3-16,21H2,1-2H3. The van der Waals surface area contributed by atoms with Crippen molar-refractivity contribution in [2.75, 3.05) is 6.61 Å². The third-order valence-electron chi connectivity index (χ3n) is 5.88. The summed E-state index contributed by atoms with van der Waals surface area (Å²) in [7, 11) is 0. The molecule has 1 aromatic carbocycles. The fraction of sp³-hybridized carbons (Fsp3) is 0.607. The van der Waals surface area contributed by atoms with Crippen molar-refractivity contribution in [3.05, 3.63) is 47.9 Å². The fourth-order valence-electron chi connectivity index (χ4n) is 3.88. The van der Waals surface area contributed by atoms with Crippen LogP contribution in [-0.4, -0.2) is 11.6 Å². The normalized spacial score (nSPS) is 11.1. The first kappa shape index (κ1) is 25.4. The fourth-order valence-corrected chi connectivity index (χ4v) is 3.88. The maximum atomic E-state index is 14.6. The van der Waals surface area contributed by atoms with Crippen LogP contribution < -0.4 is 4.74 Å². The Hall–Kier alpha value is -1.90. The number of nitrogens with zero attached hydrogens (tertiary/aromatic N) is 1. The Morgan fingerprint density at radius 3 is 2.00 bits per heavy atom. The van der Waals surface area contributed by atoms with E-state index < -0.39 is 0 Å². The summed E-state index contributed by atoms with van der Waals surface area (Å²) in [5, 5.41) is 0. The smallest absolute Gasteiger partial charge is 0.136 e. The highest BCUT2D eigenvalue weighted by Gasteiger charge is 2.08. The average Bonchev–Trinajstić information content (AvgIpc) is 2.78. The number of pyridine rings is 1. The number of ether oxygens (including phenoxy) is 1. The molecule has 0 aliphatic rings. The molecule has 0 amide bonds. The number of hydrogen-bond donors (Lipinski definition) is 0. The molecule has 0 atom stereocenters. The molecule has 1 heterocycles. The molecular weight excluding hydrogens is 385 g/mol. The van der Waals surface area contributed by atoms with E-state index >= 15 is 0 Å². The van der Waals surface area contributed by atoms with Crippen LogP contribution in [-0.2, 0) is 6.42 Å². The van der Waals surface area contributed by atoms with Gasteiger partial charge in [0, 0.05) is 17.8 Å². The van der Waals surface area contributed by atoms with Crippen molar-refractivity contribution in [2.24, 2.45) is 0 Å². The largest absolute Gasteiger partial charge is 0.493 e. The number of aryl methyl sites for hydroxylation is 1. The van der Waals surface area contributed by atoms with E-state index in [1.807, 2.05) is 18.3 Å². The van der Waals surface area contributed by atoms with E-state index in [2.05, 4.69) is 24.9 Å². The molecule has 0 fully saturated rings. The van der Waals surface area contributed by atoms with Crippen LogP contribution in [0.3, 0.4) is 0 Å². The van der Waals surface area contributed by atoms with E-state index in [1.54, 1.807) is 6.07 Å². The van der Waals surface area contributed by atoms with Crippen molar-refractivity contribution < 1.29 is 9.13 Å². The maximum Gasteiger partial charge on any atom is 0.136 e. The van der Waals surface area contributed by atoms with Gasteiger partial charge in [0.15, 0.2) is 0 Å². The zero-order valence-electron chi connectivity index (χ0n) is 19.8. The van der Waals surface area contributed by atoms with Gasteiger partial charge in [-0.2, -0.15) is 0 Å². The van der Waals surface area contributed by atoms with Gasteiger partial charge in [-0.05, 0) is 43.0 Å². The van der Waals surface area contributed by atoms with E-state index in [0.717, 1.165) is 12.8 Å². The maximum absolute atomic E-state index is 14.6. The first-order chi connectivity index (χ1) is 15.2. The predicted molar refractivity (Wildman–Crippen MR) is 130 cm³/mol. The van der Waals surface area contributed by atoms with E-state index in [-0.39, 0.29) is 5.82 Å². The van der Waals surface area contributed by atoms with E-state index in [9.17, 15) is 4.39 Å². The summed E-state index contributed by atoms with van der Waals surface area (Å²) < 4.78 is 20.3. The number of halogens is 1. The topological polar surface area (TPSA) is 22.1 Å². The molecule has 172 valence electrons. The lowest BCUT2D eigenvalue weighted by Crippen LogP contribution is -1.98. The van der Waals surface area contributed by atoms with Crippen LogP contribution in [0.25, 0.3) is 11.3 Å². The van der Waals surface area contributed by atoms with Crippen molar-refractivity contribution in [2.45, 2.75) is 104 Å². The molecule has 2 rings (SSSR count). The Balaban J connectivity index is 1.72. The lowest BCUT2D eigenvalue weighted by atomic mass is 10.0. The average molecular weight is 428 g/mol. The Labute approximate surface area is 189 Å². The van der Waals surface area contributed by atoms with Crippen LogP contribution in [0.5, 0.6) is 5.75 Å². The SMILES string of the molecule is CCCCCCCCCCc1ccc(-c2ccc(OCCCCCCC)cc2F)nc1. The highest BCUT2D eigenvalue weighted by Crippen LogP contribution is 2.25. The second-order valence-corrected chi connectivity index (χ2v) is 8.68. The van der Waals surface area contributed by atoms with E-state index in [4.69, 9.17) is 4.74 Å². The summed E-state index contributed by atoms with van der Waals surface area (Å²) in [6.07, 6.45) is 19.5. The molecule has 31 heavy (non-hydrogen) atoms. The summed E-state index contributed by atoms with van der Waals surface area (Å²) in [4.78, 5) is 4.51. The second-order valence-electron chi connectivity index (χ2n) is 8.68. The van der Waals surface area contributed by atoms with Gasteiger partial charge in [-0.3, -0.25) is 4.98 Å². The van der Waals surface area contributed by atoms with Crippen LogP contribution in [0.1, 0.15) is 103 Å².